The number of rotatable bonds is 4. The van der Waals surface area contributed by atoms with Gasteiger partial charge in [0.05, 0.1) is 25.5 Å². The van der Waals surface area contributed by atoms with E-state index in [4.69, 9.17) is 20.4 Å². The lowest BCUT2D eigenvalue weighted by atomic mass is 10.1. The predicted molar refractivity (Wildman–Crippen MR) is 111 cm³/mol. The van der Waals surface area contributed by atoms with Crippen molar-refractivity contribution < 1.29 is 9.84 Å². The van der Waals surface area contributed by atoms with Gasteiger partial charge in [-0.05, 0) is 30.2 Å². The Balaban J connectivity index is 1.83. The van der Waals surface area contributed by atoms with Crippen LogP contribution in [0.25, 0.3) is 22.6 Å². The third-order valence-corrected chi connectivity index (χ3v) is 4.99. The standard InChI is InChI=1S/C22H24N4O2/c1-15-5-6-17(12-19(15)23)20-13-21(26-7-9-28-10-8-26)25-22(24-20)18-4-2-3-16(11-18)14-27/h2-6,11-13,27H,7-10,14,23H2,1H3. The Bertz CT molecular complexity index is 984. The second-order valence-corrected chi connectivity index (χ2v) is 6.96. The zero-order valence-corrected chi connectivity index (χ0v) is 15.9. The first-order chi connectivity index (χ1) is 13.6. The van der Waals surface area contributed by atoms with E-state index in [2.05, 4.69) is 4.90 Å². The van der Waals surface area contributed by atoms with E-state index < -0.39 is 0 Å². The molecule has 0 aliphatic carbocycles. The van der Waals surface area contributed by atoms with Crippen LogP contribution in [-0.4, -0.2) is 41.4 Å². The minimum absolute atomic E-state index is 0.0155. The van der Waals surface area contributed by atoms with Gasteiger partial charge in [0.15, 0.2) is 5.82 Å². The van der Waals surface area contributed by atoms with Crippen LogP contribution in [0.3, 0.4) is 0 Å². The average molecular weight is 376 g/mol. The summed E-state index contributed by atoms with van der Waals surface area (Å²) in [7, 11) is 0. The zero-order valence-electron chi connectivity index (χ0n) is 15.9. The molecule has 0 unspecified atom stereocenters. The van der Waals surface area contributed by atoms with Crippen LogP contribution in [0.5, 0.6) is 0 Å². The molecule has 1 aliphatic heterocycles. The van der Waals surface area contributed by atoms with Crippen molar-refractivity contribution in [1.29, 1.82) is 0 Å². The summed E-state index contributed by atoms with van der Waals surface area (Å²) in [5, 5.41) is 9.48. The molecule has 2 aromatic carbocycles. The van der Waals surface area contributed by atoms with Crippen LogP contribution in [-0.2, 0) is 11.3 Å². The highest BCUT2D eigenvalue weighted by Gasteiger charge is 2.17. The minimum Gasteiger partial charge on any atom is -0.398 e. The second-order valence-electron chi connectivity index (χ2n) is 6.96. The number of aliphatic hydroxyl groups excluding tert-OH is 1. The molecular weight excluding hydrogens is 352 g/mol. The second kappa shape index (κ2) is 7.96. The van der Waals surface area contributed by atoms with Gasteiger partial charge in [-0.3, -0.25) is 0 Å². The molecule has 0 atom stereocenters. The first-order valence-electron chi connectivity index (χ1n) is 9.42. The number of hydrogen-bond donors (Lipinski definition) is 2. The van der Waals surface area contributed by atoms with Crippen LogP contribution in [0.2, 0.25) is 0 Å². The number of morpholine rings is 1. The molecule has 1 aliphatic rings. The molecule has 1 aromatic heterocycles. The van der Waals surface area contributed by atoms with Crippen molar-refractivity contribution in [3.05, 3.63) is 59.7 Å². The summed E-state index contributed by atoms with van der Waals surface area (Å²) in [6, 6.07) is 15.7. The first kappa shape index (κ1) is 18.4. The molecule has 0 saturated carbocycles. The monoisotopic (exact) mass is 376 g/mol. The lowest BCUT2D eigenvalue weighted by Gasteiger charge is -2.28. The number of nitrogens with zero attached hydrogens (tertiary/aromatic N) is 3. The fraction of sp³-hybridized carbons (Fsp3) is 0.273. The third-order valence-electron chi connectivity index (χ3n) is 4.99. The highest BCUT2D eigenvalue weighted by Crippen LogP contribution is 2.28. The molecule has 28 heavy (non-hydrogen) atoms. The maximum Gasteiger partial charge on any atom is 0.162 e. The average Bonchev–Trinajstić information content (AvgIpc) is 2.76. The number of aryl methyl sites for hydroxylation is 1. The molecule has 0 radical (unpaired) electrons. The summed E-state index contributed by atoms with van der Waals surface area (Å²) in [5.74, 6) is 1.50. The number of anilines is 2. The molecule has 0 amide bonds. The number of benzene rings is 2. The normalized spacial score (nSPS) is 14.3. The zero-order chi connectivity index (χ0) is 19.5. The molecule has 1 saturated heterocycles. The fourth-order valence-corrected chi connectivity index (χ4v) is 3.27. The summed E-state index contributed by atoms with van der Waals surface area (Å²) in [6.07, 6.45) is 0. The van der Waals surface area contributed by atoms with E-state index in [1.54, 1.807) is 0 Å². The number of aromatic nitrogens is 2. The molecule has 4 rings (SSSR count). The Morgan fingerprint density at radius 2 is 1.86 bits per heavy atom. The van der Waals surface area contributed by atoms with Gasteiger partial charge in [-0.1, -0.05) is 30.3 Å². The van der Waals surface area contributed by atoms with Gasteiger partial charge in [0.25, 0.3) is 0 Å². The maximum atomic E-state index is 9.48. The molecule has 3 aromatic rings. The number of nitrogen functional groups attached to an aromatic ring is 1. The Kier molecular flexibility index (Phi) is 5.23. The molecule has 1 fully saturated rings. The van der Waals surface area contributed by atoms with Crippen molar-refractivity contribution in [1.82, 2.24) is 9.97 Å². The van der Waals surface area contributed by atoms with E-state index in [0.29, 0.717) is 19.0 Å². The van der Waals surface area contributed by atoms with Gasteiger partial charge >= 0.3 is 0 Å². The van der Waals surface area contributed by atoms with Crippen LogP contribution in [0.4, 0.5) is 11.5 Å². The van der Waals surface area contributed by atoms with Crippen LogP contribution in [0, 0.1) is 6.92 Å². The SMILES string of the molecule is Cc1ccc(-c2cc(N3CCOCC3)nc(-c3cccc(CO)c3)n2)cc1N. The quantitative estimate of drug-likeness (QED) is 0.681. The molecular formula is C22H24N4O2. The minimum atomic E-state index is -0.0155. The van der Waals surface area contributed by atoms with Gasteiger partial charge in [-0.2, -0.15) is 0 Å². The largest absolute Gasteiger partial charge is 0.398 e. The Morgan fingerprint density at radius 1 is 1.04 bits per heavy atom. The van der Waals surface area contributed by atoms with Crippen LogP contribution >= 0.6 is 0 Å². The summed E-state index contributed by atoms with van der Waals surface area (Å²) >= 11 is 0. The van der Waals surface area contributed by atoms with E-state index in [9.17, 15) is 5.11 Å². The molecule has 144 valence electrons. The van der Waals surface area contributed by atoms with E-state index in [0.717, 1.165) is 52.5 Å². The maximum absolute atomic E-state index is 9.48. The lowest BCUT2D eigenvalue weighted by molar-refractivity contribution is 0.122. The smallest absolute Gasteiger partial charge is 0.162 e. The van der Waals surface area contributed by atoms with Crippen molar-refractivity contribution in [3.63, 3.8) is 0 Å². The Morgan fingerprint density at radius 3 is 2.61 bits per heavy atom. The summed E-state index contributed by atoms with van der Waals surface area (Å²) in [6.45, 7) is 4.94. The van der Waals surface area contributed by atoms with E-state index in [-0.39, 0.29) is 6.61 Å². The number of nitrogens with two attached hydrogens (primary N) is 1. The van der Waals surface area contributed by atoms with Gasteiger partial charge in [0.1, 0.15) is 5.82 Å². The summed E-state index contributed by atoms with van der Waals surface area (Å²) in [4.78, 5) is 11.8. The number of hydrogen-bond acceptors (Lipinski definition) is 6. The van der Waals surface area contributed by atoms with Gasteiger partial charge < -0.3 is 20.5 Å². The van der Waals surface area contributed by atoms with E-state index >= 15 is 0 Å². The third kappa shape index (κ3) is 3.83. The van der Waals surface area contributed by atoms with Crippen LogP contribution in [0.1, 0.15) is 11.1 Å². The molecule has 2 heterocycles. The Hall–Kier alpha value is -2.96. The van der Waals surface area contributed by atoms with E-state index in [1.807, 2.05) is 55.5 Å². The van der Waals surface area contributed by atoms with Crippen LogP contribution < -0.4 is 10.6 Å². The van der Waals surface area contributed by atoms with Crippen LogP contribution in [0.15, 0.2) is 48.5 Å². The Labute approximate surface area is 164 Å². The van der Waals surface area contributed by atoms with Crippen molar-refractivity contribution in [2.24, 2.45) is 0 Å². The van der Waals surface area contributed by atoms with Crippen molar-refractivity contribution in [3.8, 4) is 22.6 Å². The summed E-state index contributed by atoms with van der Waals surface area (Å²) in [5.41, 5.74) is 11.4. The summed E-state index contributed by atoms with van der Waals surface area (Å²) < 4.78 is 5.48. The molecule has 0 spiro atoms. The molecule has 6 nitrogen and oxygen atoms in total. The molecule has 3 N–H and O–H groups in total. The van der Waals surface area contributed by atoms with Gasteiger partial charge in [0.2, 0.25) is 0 Å². The number of aliphatic hydroxyl groups is 1. The topological polar surface area (TPSA) is 84.5 Å². The lowest BCUT2D eigenvalue weighted by Crippen LogP contribution is -2.36. The van der Waals surface area contributed by atoms with E-state index in [1.165, 1.54) is 0 Å². The predicted octanol–water partition coefficient (Wildman–Crippen LogP) is 3.03. The van der Waals surface area contributed by atoms with Gasteiger partial charge in [-0.25, -0.2) is 9.97 Å². The van der Waals surface area contributed by atoms with Gasteiger partial charge in [-0.15, -0.1) is 0 Å². The number of ether oxygens (including phenoxy) is 1. The molecule has 0 bridgehead atoms. The highest BCUT2D eigenvalue weighted by molar-refractivity contribution is 5.71. The van der Waals surface area contributed by atoms with Crippen molar-refractivity contribution in [2.45, 2.75) is 13.5 Å². The molecule has 6 heteroatoms. The first-order valence-corrected chi connectivity index (χ1v) is 9.42. The fourth-order valence-electron chi connectivity index (χ4n) is 3.27. The van der Waals surface area contributed by atoms with Gasteiger partial charge in [0, 0.05) is 36.0 Å². The van der Waals surface area contributed by atoms with Crippen molar-refractivity contribution in [2.75, 3.05) is 36.9 Å². The van der Waals surface area contributed by atoms with Crippen molar-refractivity contribution >= 4 is 11.5 Å². The highest BCUT2D eigenvalue weighted by atomic mass is 16.5.